The fourth-order valence-electron chi connectivity index (χ4n) is 8.94. The largest absolute Gasteiger partial charge is 0.508 e. The van der Waals surface area contributed by atoms with Gasteiger partial charge in [-0.25, -0.2) is 4.79 Å². The maximum Gasteiger partial charge on any atom is 0.332 e. The molecule has 1 unspecified atom stereocenters. The van der Waals surface area contributed by atoms with Crippen LogP contribution in [-0.2, 0) is 32.2 Å². The molecule has 3 aliphatic heterocycles. The van der Waals surface area contributed by atoms with Crippen LogP contribution in [0.3, 0.4) is 0 Å². The van der Waals surface area contributed by atoms with Gasteiger partial charge in [-0.3, -0.25) is 19.4 Å². The number of carbonyl (C=O) groups excluding carboxylic acids is 1. The minimum atomic E-state index is -1.17. The average molecular weight is 954 g/mol. The Morgan fingerprint density at radius 1 is 0.681 bits per heavy atom. The molecule has 0 aromatic heterocycles. The summed E-state index contributed by atoms with van der Waals surface area (Å²) in [5.41, 5.74) is 4.00. The number of aromatic hydroxyl groups is 1. The van der Waals surface area contributed by atoms with E-state index in [1.807, 2.05) is 0 Å². The monoisotopic (exact) mass is 954 g/mol. The molecule has 0 bridgehead atoms. The van der Waals surface area contributed by atoms with Crippen molar-refractivity contribution in [3.63, 3.8) is 0 Å². The minimum Gasteiger partial charge on any atom is -0.508 e. The first-order chi connectivity index (χ1) is 33.8. The summed E-state index contributed by atoms with van der Waals surface area (Å²) in [6.45, 7) is 18.8. The first kappa shape index (κ1) is 51.6. The Morgan fingerprint density at radius 3 is 1.84 bits per heavy atom. The van der Waals surface area contributed by atoms with E-state index in [-0.39, 0.29) is 47.7 Å². The Kier molecular flexibility index (Phi) is 20.8. The number of phenolic OH excluding ortho intramolecular Hbond substituents is 1. The number of carboxylic acids is 1. The zero-order valence-corrected chi connectivity index (χ0v) is 39.8. The standard InChI is InChI=1S/C51H71N9O9/c61-40-2-5-44-47(33-40)69-48-34-41(62)3-6-45(48)49(44)43-4-1-39(32-46(43)51(64)65)50(63)58-19-24-66-25-26-67-27-28-68-42-30-37(35-59-20-15-54-11-7-52-8-12-55-16-21-59)29-38(31-42)36-60-22-17-56-13-9-53-10-14-57-18-23-60/h1-3,5-6,29-34,43,52-57,61H,4,7-28,35-36H2,(H,58,63)(H,64,65). The highest BCUT2D eigenvalue weighted by atomic mass is 16.5. The van der Waals surface area contributed by atoms with Crippen LogP contribution >= 0.6 is 0 Å². The Balaban J connectivity index is 0.871. The van der Waals surface area contributed by atoms with Gasteiger partial charge in [0.2, 0.25) is 0 Å². The first-order valence-corrected chi connectivity index (χ1v) is 24.5. The van der Waals surface area contributed by atoms with E-state index < -0.39 is 17.8 Å². The van der Waals surface area contributed by atoms with Crippen molar-refractivity contribution in [2.75, 3.05) is 144 Å². The highest BCUT2D eigenvalue weighted by Gasteiger charge is 2.32. The highest BCUT2D eigenvalue weighted by Crippen LogP contribution is 2.44. The van der Waals surface area contributed by atoms with Crippen molar-refractivity contribution in [1.82, 2.24) is 47.0 Å². The van der Waals surface area contributed by atoms with Crippen molar-refractivity contribution in [3.8, 4) is 22.8 Å². The lowest BCUT2D eigenvalue weighted by Crippen LogP contribution is -2.41. The molecular formula is C51H71N9O9. The molecular weight excluding hydrogens is 883 g/mol. The van der Waals surface area contributed by atoms with E-state index in [0.717, 1.165) is 124 Å². The van der Waals surface area contributed by atoms with Crippen LogP contribution in [0.2, 0.25) is 0 Å². The fourth-order valence-corrected chi connectivity index (χ4v) is 8.94. The van der Waals surface area contributed by atoms with E-state index in [1.54, 1.807) is 18.2 Å². The number of carboxylic acid groups (broad SMARTS) is 1. The van der Waals surface area contributed by atoms with Gasteiger partial charge in [-0.05, 0) is 65.6 Å². The van der Waals surface area contributed by atoms with Crippen molar-refractivity contribution in [2.45, 2.75) is 25.4 Å². The number of aliphatic carboxylic acids is 1. The molecule has 2 aromatic carbocycles. The number of allylic oxidation sites excluding steroid dienone is 1. The second-order valence-corrected chi connectivity index (χ2v) is 17.6. The number of hydrogen-bond acceptors (Lipinski definition) is 16. The van der Waals surface area contributed by atoms with Crippen molar-refractivity contribution in [2.24, 2.45) is 0 Å². The molecule has 0 radical (unpaired) electrons. The second kappa shape index (κ2) is 27.8. The normalized spacial score (nSPS) is 19.0. The van der Waals surface area contributed by atoms with E-state index in [0.29, 0.717) is 48.5 Å². The van der Waals surface area contributed by atoms with Crippen molar-refractivity contribution < 1.29 is 38.4 Å². The number of carbonyl (C=O) groups is 2. The topological polar surface area (TPSA) is 223 Å². The molecule has 0 spiro atoms. The molecule has 1 atom stereocenters. The zero-order valence-electron chi connectivity index (χ0n) is 39.8. The summed E-state index contributed by atoms with van der Waals surface area (Å²) < 4.78 is 23.9. The third-order valence-corrected chi connectivity index (χ3v) is 12.4. The van der Waals surface area contributed by atoms with E-state index >= 15 is 0 Å². The molecule has 3 heterocycles. The summed E-state index contributed by atoms with van der Waals surface area (Å²) in [6.07, 6.45) is 3.33. The van der Waals surface area contributed by atoms with Crippen LogP contribution in [0.25, 0.3) is 22.3 Å². The lowest BCUT2D eigenvalue weighted by molar-refractivity contribution is -0.133. The molecule has 5 aliphatic rings. The molecule has 9 N–H and O–H groups in total. The van der Waals surface area contributed by atoms with E-state index in [2.05, 4.69) is 65.2 Å². The van der Waals surface area contributed by atoms with Gasteiger partial charge >= 0.3 is 5.97 Å². The van der Waals surface area contributed by atoms with Gasteiger partial charge in [0, 0.05) is 164 Å². The molecule has 2 aromatic rings. The average Bonchev–Trinajstić information content (AvgIpc) is 3.32. The van der Waals surface area contributed by atoms with Gasteiger partial charge < -0.3 is 66.1 Å². The Morgan fingerprint density at radius 2 is 1.25 bits per heavy atom. The third-order valence-electron chi connectivity index (χ3n) is 12.4. The molecule has 1 amide bonds. The zero-order chi connectivity index (χ0) is 48.0. The van der Waals surface area contributed by atoms with Gasteiger partial charge in [-0.15, -0.1) is 0 Å². The molecule has 18 heteroatoms. The van der Waals surface area contributed by atoms with Gasteiger partial charge in [0.25, 0.3) is 5.91 Å². The molecule has 2 aliphatic carbocycles. The van der Waals surface area contributed by atoms with Gasteiger partial charge in [-0.2, -0.15) is 0 Å². The molecule has 69 heavy (non-hydrogen) atoms. The first-order valence-electron chi connectivity index (χ1n) is 24.5. The summed E-state index contributed by atoms with van der Waals surface area (Å²) in [4.78, 5) is 43.1. The number of nitrogens with one attached hydrogen (secondary N) is 7. The van der Waals surface area contributed by atoms with Crippen molar-refractivity contribution >= 4 is 22.8 Å². The maximum atomic E-state index is 13.2. The number of rotatable bonds is 17. The predicted molar refractivity (Wildman–Crippen MR) is 266 cm³/mol. The van der Waals surface area contributed by atoms with Crippen molar-refractivity contribution in [1.29, 1.82) is 0 Å². The van der Waals surface area contributed by atoms with Crippen LogP contribution in [0.15, 0.2) is 87.1 Å². The van der Waals surface area contributed by atoms with E-state index in [1.165, 1.54) is 41.5 Å². The van der Waals surface area contributed by atoms with Gasteiger partial charge in [0.15, 0.2) is 5.43 Å². The summed E-state index contributed by atoms with van der Waals surface area (Å²) in [5.74, 6) is -1.14. The molecule has 7 rings (SSSR count). The maximum absolute atomic E-state index is 13.2. The van der Waals surface area contributed by atoms with E-state index in [9.17, 15) is 24.6 Å². The number of fused-ring (bicyclic) bond motifs is 2. The smallest absolute Gasteiger partial charge is 0.332 e. The Labute approximate surface area is 404 Å². The number of nitrogens with zero attached hydrogens (tertiary/aromatic N) is 2. The number of hydrogen-bond donors (Lipinski definition) is 9. The summed E-state index contributed by atoms with van der Waals surface area (Å²) in [7, 11) is 0. The predicted octanol–water partition coefficient (Wildman–Crippen LogP) is 1.43. The molecule has 2 fully saturated rings. The highest BCUT2D eigenvalue weighted by molar-refractivity contribution is 6.01. The van der Waals surface area contributed by atoms with Gasteiger partial charge in [0.1, 0.15) is 29.4 Å². The SMILES string of the molecule is O=C(O)C1=CC(C(=O)NCCOCCOCCOc2cc(CN3CCNCCNCCNCC3)cc(CN3CCNCCNCCNCC3)c2)=CCC1c1c2ccc(=O)cc-2oc2cc(O)ccc12. The molecule has 0 saturated carbocycles. The molecule has 374 valence electrons. The summed E-state index contributed by atoms with van der Waals surface area (Å²) >= 11 is 0. The van der Waals surface area contributed by atoms with Crippen LogP contribution < -0.4 is 47.4 Å². The Bertz CT molecular complexity index is 2280. The van der Waals surface area contributed by atoms with Crippen LogP contribution in [-0.4, -0.2) is 176 Å². The van der Waals surface area contributed by atoms with Crippen LogP contribution in [0, 0.1) is 0 Å². The van der Waals surface area contributed by atoms with Crippen LogP contribution in [0.5, 0.6) is 11.5 Å². The number of phenols is 1. The number of ether oxygens (including phenoxy) is 3. The van der Waals surface area contributed by atoms with Gasteiger partial charge in [0.05, 0.1) is 26.4 Å². The quantitative estimate of drug-likeness (QED) is 0.0540. The fraction of sp³-hybridized carbons (Fsp3) is 0.510. The van der Waals surface area contributed by atoms with E-state index in [4.69, 9.17) is 18.6 Å². The number of amides is 1. The summed E-state index contributed by atoms with van der Waals surface area (Å²) in [6, 6.07) is 15.6. The van der Waals surface area contributed by atoms with Crippen molar-refractivity contribution in [3.05, 3.63) is 105 Å². The van der Waals surface area contributed by atoms with Crippen LogP contribution in [0.1, 0.15) is 29.0 Å². The molecule has 2 saturated heterocycles. The third kappa shape index (κ3) is 16.4. The Hall–Kier alpha value is -5.25. The van der Waals surface area contributed by atoms with Gasteiger partial charge in [-0.1, -0.05) is 12.1 Å². The lowest BCUT2D eigenvalue weighted by Gasteiger charge is -2.26. The number of benzene rings is 3. The van der Waals surface area contributed by atoms with Crippen LogP contribution in [0.4, 0.5) is 0 Å². The second-order valence-electron chi connectivity index (χ2n) is 17.6. The molecule has 18 nitrogen and oxygen atoms in total. The summed E-state index contributed by atoms with van der Waals surface area (Å²) in [5, 5.41) is 45.1. The minimum absolute atomic E-state index is 0.0284. The lowest BCUT2D eigenvalue weighted by atomic mass is 9.79.